The van der Waals surface area contributed by atoms with Crippen LogP contribution in [0.1, 0.15) is 32.6 Å². The summed E-state index contributed by atoms with van der Waals surface area (Å²) in [6.07, 6.45) is -7.48. The molecule has 0 atom stereocenters. The number of fused-ring (bicyclic) bond motifs is 1. The molecule has 194 valence electrons. The molecule has 0 radical (unpaired) electrons. The van der Waals surface area contributed by atoms with Crippen molar-refractivity contribution in [3.63, 3.8) is 0 Å². The van der Waals surface area contributed by atoms with E-state index in [2.05, 4.69) is 4.98 Å². The first kappa shape index (κ1) is 26.9. The number of benzene rings is 3. The molecule has 0 saturated heterocycles. The van der Waals surface area contributed by atoms with E-state index in [1.54, 1.807) is 18.3 Å². The Kier molecular flexibility index (Phi) is 7.48. The van der Waals surface area contributed by atoms with Gasteiger partial charge in [0.25, 0.3) is 5.91 Å². The Morgan fingerprint density at radius 2 is 1.62 bits per heavy atom. The lowest BCUT2D eigenvalue weighted by Crippen LogP contribution is -2.33. The second kappa shape index (κ2) is 10.3. The van der Waals surface area contributed by atoms with Crippen LogP contribution in [-0.2, 0) is 25.3 Å². The highest BCUT2D eigenvalue weighted by atomic mass is 35.5. The molecule has 3 nitrogen and oxygen atoms in total. The molecular weight excluding hydrogens is 541 g/mol. The molecular formula is C26H18Cl2F6N2O. The lowest BCUT2D eigenvalue weighted by atomic mass is 10.1. The van der Waals surface area contributed by atoms with E-state index in [0.29, 0.717) is 27.1 Å². The summed E-state index contributed by atoms with van der Waals surface area (Å²) < 4.78 is 78.8. The van der Waals surface area contributed by atoms with Crippen LogP contribution in [0.3, 0.4) is 0 Å². The number of alkyl halides is 6. The normalized spacial score (nSPS) is 12.2. The standard InChI is InChI=1S/C26H18Cl2F6N2O/c27-19-12-17-6-8-35-23(17)20(13-19)24(37)36(9-7-15-2-1-3-18(10-15)25(29,30)31)14-16-4-5-21(22(28)11-16)26(32,33)34/h1-6,8,10-13,35H,7,9,14H2. The van der Waals surface area contributed by atoms with E-state index in [1.807, 2.05) is 0 Å². The van der Waals surface area contributed by atoms with Gasteiger partial charge in [0.1, 0.15) is 0 Å². The monoisotopic (exact) mass is 558 g/mol. The first-order valence-corrected chi connectivity index (χ1v) is 11.7. The van der Waals surface area contributed by atoms with Crippen molar-refractivity contribution in [2.45, 2.75) is 25.3 Å². The van der Waals surface area contributed by atoms with Gasteiger partial charge in [-0.15, -0.1) is 0 Å². The molecule has 0 aliphatic rings. The van der Waals surface area contributed by atoms with Gasteiger partial charge in [0.2, 0.25) is 0 Å². The number of aromatic amines is 1. The van der Waals surface area contributed by atoms with Gasteiger partial charge in [0, 0.05) is 29.7 Å². The molecule has 37 heavy (non-hydrogen) atoms. The van der Waals surface area contributed by atoms with Crippen molar-refractivity contribution < 1.29 is 31.1 Å². The largest absolute Gasteiger partial charge is 0.417 e. The summed E-state index contributed by atoms with van der Waals surface area (Å²) in [6.45, 7) is -0.155. The zero-order valence-electron chi connectivity index (χ0n) is 18.9. The summed E-state index contributed by atoms with van der Waals surface area (Å²) in [7, 11) is 0. The van der Waals surface area contributed by atoms with Crippen molar-refractivity contribution in [3.05, 3.63) is 105 Å². The van der Waals surface area contributed by atoms with Crippen molar-refractivity contribution in [2.24, 2.45) is 0 Å². The van der Waals surface area contributed by atoms with Crippen LogP contribution in [0.5, 0.6) is 0 Å². The number of carbonyl (C=O) groups is 1. The molecule has 3 aromatic carbocycles. The minimum absolute atomic E-state index is 0.0203. The Morgan fingerprint density at radius 1 is 0.865 bits per heavy atom. The second-order valence-corrected chi connectivity index (χ2v) is 9.23. The third-order valence-corrected chi connectivity index (χ3v) is 6.31. The van der Waals surface area contributed by atoms with E-state index in [9.17, 15) is 31.1 Å². The number of hydrogen-bond donors (Lipinski definition) is 1. The van der Waals surface area contributed by atoms with Gasteiger partial charge in [-0.2, -0.15) is 26.3 Å². The maximum Gasteiger partial charge on any atom is 0.417 e. The summed E-state index contributed by atoms with van der Waals surface area (Å²) >= 11 is 12.0. The predicted octanol–water partition coefficient (Wildman–Crippen LogP) is 8.40. The van der Waals surface area contributed by atoms with E-state index >= 15 is 0 Å². The summed E-state index contributed by atoms with van der Waals surface area (Å²) in [5.74, 6) is -0.502. The molecule has 1 amide bonds. The molecule has 0 aliphatic carbocycles. The maximum absolute atomic E-state index is 13.6. The summed E-state index contributed by atoms with van der Waals surface area (Å²) in [5, 5.41) is 0.446. The van der Waals surface area contributed by atoms with Gasteiger partial charge >= 0.3 is 12.4 Å². The molecule has 0 aliphatic heterocycles. The van der Waals surface area contributed by atoms with Crippen LogP contribution >= 0.6 is 23.2 Å². The third-order valence-electron chi connectivity index (χ3n) is 5.78. The van der Waals surface area contributed by atoms with E-state index in [4.69, 9.17) is 23.2 Å². The third kappa shape index (κ3) is 6.22. The number of H-pyrrole nitrogens is 1. The van der Waals surface area contributed by atoms with Crippen molar-refractivity contribution in [1.82, 2.24) is 9.88 Å². The molecule has 11 heteroatoms. The average Bonchev–Trinajstić information content (AvgIpc) is 3.28. The van der Waals surface area contributed by atoms with Gasteiger partial charge < -0.3 is 9.88 Å². The lowest BCUT2D eigenvalue weighted by Gasteiger charge is -2.24. The number of nitrogens with one attached hydrogen (secondary N) is 1. The van der Waals surface area contributed by atoms with Gasteiger partial charge in [-0.1, -0.05) is 47.5 Å². The van der Waals surface area contributed by atoms with Crippen molar-refractivity contribution >= 4 is 40.0 Å². The highest BCUT2D eigenvalue weighted by molar-refractivity contribution is 6.32. The number of halogens is 8. The van der Waals surface area contributed by atoms with Crippen LogP contribution in [0.2, 0.25) is 10.0 Å². The average molecular weight is 559 g/mol. The molecule has 0 fully saturated rings. The van der Waals surface area contributed by atoms with Gasteiger partial charge in [-0.25, -0.2) is 0 Å². The number of rotatable bonds is 6. The fourth-order valence-corrected chi connectivity index (χ4v) is 4.54. The zero-order valence-corrected chi connectivity index (χ0v) is 20.4. The number of amides is 1. The van der Waals surface area contributed by atoms with Gasteiger partial charge in [-0.3, -0.25) is 4.79 Å². The molecule has 0 saturated carbocycles. The molecule has 1 heterocycles. The number of hydrogen-bond acceptors (Lipinski definition) is 1. The van der Waals surface area contributed by atoms with Crippen LogP contribution in [0.25, 0.3) is 10.9 Å². The zero-order chi connectivity index (χ0) is 27.0. The van der Waals surface area contributed by atoms with E-state index in [-0.39, 0.29) is 25.1 Å². The molecule has 1 N–H and O–H groups in total. The lowest BCUT2D eigenvalue weighted by molar-refractivity contribution is -0.138. The number of aromatic nitrogens is 1. The quantitative estimate of drug-likeness (QED) is 0.237. The molecule has 0 bridgehead atoms. The van der Waals surface area contributed by atoms with Crippen LogP contribution in [0.15, 0.2) is 66.9 Å². The fraction of sp³-hybridized carbons (Fsp3) is 0.192. The van der Waals surface area contributed by atoms with Crippen molar-refractivity contribution in [1.29, 1.82) is 0 Å². The van der Waals surface area contributed by atoms with Crippen LogP contribution < -0.4 is 0 Å². The number of carbonyl (C=O) groups excluding carboxylic acids is 1. The van der Waals surface area contributed by atoms with Crippen molar-refractivity contribution in [2.75, 3.05) is 6.54 Å². The Balaban J connectivity index is 1.67. The first-order chi connectivity index (χ1) is 17.3. The van der Waals surface area contributed by atoms with E-state index < -0.39 is 34.4 Å². The molecule has 0 spiro atoms. The van der Waals surface area contributed by atoms with Gasteiger partial charge in [0.05, 0.1) is 27.2 Å². The highest BCUT2D eigenvalue weighted by Crippen LogP contribution is 2.35. The molecule has 0 unspecified atom stereocenters. The van der Waals surface area contributed by atoms with E-state index in [1.165, 1.54) is 29.2 Å². The predicted molar refractivity (Wildman–Crippen MR) is 130 cm³/mol. The Hall–Kier alpha value is -3.17. The molecule has 1 aromatic heterocycles. The SMILES string of the molecule is O=C(c1cc(Cl)cc2cc[nH]c12)N(CCc1cccc(C(F)(F)F)c1)Cc1ccc(C(F)(F)F)c(Cl)c1. The smallest absolute Gasteiger partial charge is 0.361 e. The molecule has 4 aromatic rings. The van der Waals surface area contributed by atoms with Crippen molar-refractivity contribution in [3.8, 4) is 0 Å². The second-order valence-electron chi connectivity index (χ2n) is 8.38. The summed E-state index contributed by atoms with van der Waals surface area (Å²) in [4.78, 5) is 17.9. The first-order valence-electron chi connectivity index (χ1n) is 10.9. The summed E-state index contributed by atoms with van der Waals surface area (Å²) in [6, 6.07) is 12.7. The van der Waals surface area contributed by atoms with Crippen LogP contribution in [0, 0.1) is 0 Å². The van der Waals surface area contributed by atoms with E-state index in [0.717, 1.165) is 24.3 Å². The Morgan fingerprint density at radius 3 is 2.30 bits per heavy atom. The minimum atomic E-state index is -4.64. The van der Waals surface area contributed by atoms with Crippen LogP contribution in [0.4, 0.5) is 26.3 Å². The van der Waals surface area contributed by atoms with Gasteiger partial charge in [0.15, 0.2) is 0 Å². The Labute approximate surface area is 217 Å². The maximum atomic E-state index is 13.6. The summed E-state index contributed by atoms with van der Waals surface area (Å²) in [5.41, 5.74) is -0.448. The number of nitrogens with zero attached hydrogens (tertiary/aromatic N) is 1. The molecule has 4 rings (SSSR count). The van der Waals surface area contributed by atoms with Crippen LogP contribution in [-0.4, -0.2) is 22.3 Å². The van der Waals surface area contributed by atoms with Gasteiger partial charge in [-0.05, 0) is 53.9 Å². The highest BCUT2D eigenvalue weighted by Gasteiger charge is 2.33. The fourth-order valence-electron chi connectivity index (χ4n) is 4.00. The topological polar surface area (TPSA) is 36.1 Å². The minimum Gasteiger partial charge on any atom is -0.361 e. The Bertz CT molecular complexity index is 1450.